The summed E-state index contributed by atoms with van der Waals surface area (Å²) in [7, 11) is -0.304. The molecule has 1 atom stereocenters. The van der Waals surface area contributed by atoms with Crippen LogP contribution >= 0.6 is 10.5 Å². The number of nitrogens with zero attached hydrogens (tertiary/aromatic N) is 1. The summed E-state index contributed by atoms with van der Waals surface area (Å²) in [5.74, 6) is 4.59. The molecule has 5 heteroatoms. The first-order valence-corrected chi connectivity index (χ1v) is 5.55. The van der Waals surface area contributed by atoms with Crippen LogP contribution in [0.4, 0.5) is 13.2 Å². The molecule has 0 N–H and O–H groups in total. The second kappa shape index (κ2) is 4.13. The highest BCUT2D eigenvalue weighted by Crippen LogP contribution is 2.30. The normalized spacial score (nSPS) is 14.0. The minimum absolute atomic E-state index is 0.304. The molecule has 0 aliphatic rings. The molecule has 0 fully saturated rings. The lowest BCUT2D eigenvalue weighted by Crippen LogP contribution is -2.05. The van der Waals surface area contributed by atoms with Gasteiger partial charge in [-0.15, -0.1) is 10.5 Å². The predicted octanol–water partition coefficient (Wildman–Crippen LogP) is 3.18. The van der Waals surface area contributed by atoms with Gasteiger partial charge in [-0.25, -0.2) is 4.98 Å². The Hall–Kier alpha value is -0.840. The molecule has 1 aromatic rings. The number of rotatable bonds is 2. The first-order chi connectivity index (χ1) is 6.45. The van der Waals surface area contributed by atoms with Gasteiger partial charge in [0, 0.05) is 6.20 Å². The Bertz CT molecular complexity index is 329. The number of hydrogen-bond acceptors (Lipinski definition) is 1. The van der Waals surface area contributed by atoms with Gasteiger partial charge < -0.3 is 0 Å². The van der Waals surface area contributed by atoms with Crippen LogP contribution in [0.25, 0.3) is 0 Å². The summed E-state index contributed by atoms with van der Waals surface area (Å²) in [6.07, 6.45) is -3.45. The van der Waals surface area contributed by atoms with Crippen molar-refractivity contribution < 1.29 is 13.2 Å². The fourth-order valence-corrected chi connectivity index (χ4v) is 1.62. The summed E-state index contributed by atoms with van der Waals surface area (Å²) in [6, 6.07) is 2.44. The lowest BCUT2D eigenvalue weighted by atomic mass is 10.3. The van der Waals surface area contributed by atoms with Crippen molar-refractivity contribution in [3.8, 4) is 0 Å². The maximum absolute atomic E-state index is 12.1. The third-order valence-electron chi connectivity index (χ3n) is 1.71. The van der Waals surface area contributed by atoms with E-state index < -0.39 is 11.7 Å². The number of pyridine rings is 1. The number of halogens is 3. The lowest BCUT2D eigenvalue weighted by molar-refractivity contribution is -0.137. The van der Waals surface area contributed by atoms with Gasteiger partial charge in [-0.05, 0) is 17.9 Å². The molecule has 0 aliphatic carbocycles. The molecule has 1 rings (SSSR count). The van der Waals surface area contributed by atoms with Crippen molar-refractivity contribution in [2.75, 3.05) is 5.75 Å². The van der Waals surface area contributed by atoms with Gasteiger partial charge in [-0.3, -0.25) is 0 Å². The molecule has 1 heterocycles. The first kappa shape index (κ1) is 11.2. The van der Waals surface area contributed by atoms with E-state index >= 15 is 0 Å². The Morgan fingerprint density at radius 2 is 2.07 bits per heavy atom. The second-order valence-corrected chi connectivity index (χ2v) is 4.65. The molecule has 0 amide bonds. The van der Waals surface area contributed by atoms with Crippen LogP contribution in [-0.2, 0) is 6.18 Å². The Morgan fingerprint density at radius 3 is 2.43 bits per heavy atom. The highest BCUT2D eigenvalue weighted by molar-refractivity contribution is 8.14. The molecule has 1 nitrogen and oxygen atoms in total. The molecule has 0 radical (unpaired) electrons. The van der Waals surface area contributed by atoms with Crippen LogP contribution in [0.15, 0.2) is 23.4 Å². The van der Waals surface area contributed by atoms with Gasteiger partial charge in [0.15, 0.2) is 0 Å². The van der Waals surface area contributed by atoms with Crippen molar-refractivity contribution in [3.05, 3.63) is 23.9 Å². The molecule has 0 saturated heterocycles. The fourth-order valence-electron chi connectivity index (χ4n) is 0.867. The summed E-state index contributed by atoms with van der Waals surface area (Å²) >= 11 is 0. The van der Waals surface area contributed by atoms with E-state index in [4.69, 9.17) is 0 Å². The molecule has 0 spiro atoms. The SMILES string of the molecule is C=S(CC)c1ccc(C(F)(F)F)cn1. The molecule has 0 aromatic carbocycles. The van der Waals surface area contributed by atoms with Gasteiger partial charge in [0.05, 0.1) is 10.6 Å². The van der Waals surface area contributed by atoms with Gasteiger partial charge in [0.1, 0.15) is 0 Å². The van der Waals surface area contributed by atoms with Crippen LogP contribution < -0.4 is 0 Å². The summed E-state index contributed by atoms with van der Waals surface area (Å²) < 4.78 is 36.4. The smallest absolute Gasteiger partial charge is 0.250 e. The van der Waals surface area contributed by atoms with Gasteiger partial charge in [-0.1, -0.05) is 12.8 Å². The standard InChI is InChI=1S/C9H10F3NS/c1-3-14(2)8-5-4-7(6-13-8)9(10,11)12/h4-6H,2-3H2,1H3. The van der Waals surface area contributed by atoms with Crippen molar-refractivity contribution >= 4 is 16.4 Å². The van der Waals surface area contributed by atoms with Gasteiger partial charge >= 0.3 is 6.18 Å². The summed E-state index contributed by atoms with van der Waals surface area (Å²) in [5, 5.41) is 0.625. The number of aromatic nitrogens is 1. The van der Waals surface area contributed by atoms with Gasteiger partial charge in [-0.2, -0.15) is 13.2 Å². The topological polar surface area (TPSA) is 12.9 Å². The lowest BCUT2D eigenvalue weighted by Gasteiger charge is -2.07. The van der Waals surface area contributed by atoms with Crippen LogP contribution in [-0.4, -0.2) is 16.6 Å². The van der Waals surface area contributed by atoms with Crippen LogP contribution in [0.1, 0.15) is 12.5 Å². The Kier molecular flexibility index (Phi) is 3.31. The molecule has 1 unspecified atom stereocenters. The van der Waals surface area contributed by atoms with Gasteiger partial charge in [0.25, 0.3) is 0 Å². The largest absolute Gasteiger partial charge is 0.417 e. The van der Waals surface area contributed by atoms with Crippen LogP contribution in [0.3, 0.4) is 0 Å². The zero-order chi connectivity index (χ0) is 10.8. The van der Waals surface area contributed by atoms with Gasteiger partial charge in [0.2, 0.25) is 0 Å². The molecule has 14 heavy (non-hydrogen) atoms. The minimum Gasteiger partial charge on any atom is -0.250 e. The van der Waals surface area contributed by atoms with E-state index in [0.29, 0.717) is 5.03 Å². The Morgan fingerprint density at radius 1 is 1.43 bits per heavy atom. The van der Waals surface area contributed by atoms with E-state index in [0.717, 1.165) is 18.0 Å². The minimum atomic E-state index is -4.31. The molecule has 0 aliphatic heterocycles. The van der Waals surface area contributed by atoms with Crippen LogP contribution in [0.2, 0.25) is 0 Å². The highest BCUT2D eigenvalue weighted by atomic mass is 32.2. The third-order valence-corrected chi connectivity index (χ3v) is 3.24. The van der Waals surface area contributed by atoms with E-state index in [-0.39, 0.29) is 10.5 Å². The maximum Gasteiger partial charge on any atom is 0.417 e. The molecular weight excluding hydrogens is 211 g/mol. The van der Waals surface area contributed by atoms with E-state index in [1.807, 2.05) is 6.92 Å². The van der Waals surface area contributed by atoms with Crippen LogP contribution in [0, 0.1) is 0 Å². The van der Waals surface area contributed by atoms with Crippen molar-refractivity contribution in [1.29, 1.82) is 0 Å². The van der Waals surface area contributed by atoms with Crippen molar-refractivity contribution in [2.45, 2.75) is 18.1 Å². The average molecular weight is 221 g/mol. The van der Waals surface area contributed by atoms with E-state index in [1.54, 1.807) is 0 Å². The van der Waals surface area contributed by atoms with Crippen molar-refractivity contribution in [3.63, 3.8) is 0 Å². The molecule has 78 valence electrons. The quantitative estimate of drug-likeness (QED) is 0.699. The third kappa shape index (κ3) is 2.57. The Labute approximate surface area is 82.9 Å². The van der Waals surface area contributed by atoms with Crippen molar-refractivity contribution in [2.24, 2.45) is 0 Å². The molecule has 1 aromatic heterocycles. The fraction of sp³-hybridized carbons (Fsp3) is 0.333. The van der Waals surface area contributed by atoms with Crippen LogP contribution in [0.5, 0.6) is 0 Å². The zero-order valence-corrected chi connectivity index (χ0v) is 8.45. The number of hydrogen-bond donors (Lipinski definition) is 0. The van der Waals surface area contributed by atoms with E-state index in [1.165, 1.54) is 6.07 Å². The summed E-state index contributed by atoms with van der Waals surface area (Å²) in [5.41, 5.74) is -0.714. The maximum atomic E-state index is 12.1. The average Bonchev–Trinajstić information content (AvgIpc) is 2.15. The molecular formula is C9H10F3NS. The zero-order valence-electron chi connectivity index (χ0n) is 7.64. The van der Waals surface area contributed by atoms with E-state index in [9.17, 15) is 13.2 Å². The predicted molar refractivity (Wildman–Crippen MR) is 52.8 cm³/mol. The van der Waals surface area contributed by atoms with Crippen molar-refractivity contribution in [1.82, 2.24) is 4.98 Å². The first-order valence-electron chi connectivity index (χ1n) is 3.99. The Balaban J connectivity index is 2.95. The second-order valence-electron chi connectivity index (χ2n) is 2.66. The molecule has 0 saturated carbocycles. The monoisotopic (exact) mass is 221 g/mol. The number of alkyl halides is 3. The van der Waals surface area contributed by atoms with E-state index in [2.05, 4.69) is 10.9 Å². The summed E-state index contributed by atoms with van der Waals surface area (Å²) in [6.45, 7) is 1.93. The molecule has 0 bridgehead atoms. The highest BCUT2D eigenvalue weighted by Gasteiger charge is 2.30. The summed E-state index contributed by atoms with van der Waals surface area (Å²) in [4.78, 5) is 3.75.